The molecule has 3 N–H and O–H groups in total. The largest absolute Gasteiger partial charge is 0.481 e. The summed E-state index contributed by atoms with van der Waals surface area (Å²) in [5.41, 5.74) is 0. The maximum atomic E-state index is 11.5. The van der Waals surface area contributed by atoms with E-state index in [0.29, 0.717) is 32.0 Å². The predicted octanol–water partition coefficient (Wildman–Crippen LogP) is 1.99. The van der Waals surface area contributed by atoms with E-state index in [4.69, 9.17) is 9.84 Å². The van der Waals surface area contributed by atoms with Gasteiger partial charge in [-0.3, -0.25) is 4.79 Å². The first kappa shape index (κ1) is 17.8. The fraction of sp³-hybridized carbons (Fsp3) is 0.867. The topological polar surface area (TPSA) is 87.7 Å². The summed E-state index contributed by atoms with van der Waals surface area (Å²) < 4.78 is 5.42. The Morgan fingerprint density at radius 1 is 1.24 bits per heavy atom. The van der Waals surface area contributed by atoms with Gasteiger partial charge in [-0.2, -0.15) is 0 Å². The molecule has 1 saturated carbocycles. The molecule has 1 aliphatic carbocycles. The zero-order valence-electron chi connectivity index (χ0n) is 12.9. The standard InChI is InChI=1S/C15H28N2O4/c1-2-12(5-6-14(18)19)7-8-16-15(20)17-9-10-21-11-13-3-4-13/h12-13H,2-11H2,1H3,(H,18,19)(H2,16,17,20). The van der Waals surface area contributed by atoms with Crippen molar-refractivity contribution in [2.45, 2.75) is 45.4 Å². The van der Waals surface area contributed by atoms with Crippen molar-refractivity contribution in [1.82, 2.24) is 10.6 Å². The molecule has 1 aliphatic rings. The summed E-state index contributed by atoms with van der Waals surface area (Å²) in [5.74, 6) is 0.337. The van der Waals surface area contributed by atoms with Gasteiger partial charge in [0.25, 0.3) is 0 Å². The number of hydrogen-bond acceptors (Lipinski definition) is 3. The monoisotopic (exact) mass is 300 g/mol. The first-order valence-electron chi connectivity index (χ1n) is 7.93. The number of urea groups is 1. The Morgan fingerprint density at radius 2 is 1.95 bits per heavy atom. The van der Waals surface area contributed by atoms with Crippen LogP contribution in [0.2, 0.25) is 0 Å². The van der Waals surface area contributed by atoms with Gasteiger partial charge < -0.3 is 20.5 Å². The van der Waals surface area contributed by atoms with Crippen molar-refractivity contribution in [2.75, 3.05) is 26.3 Å². The van der Waals surface area contributed by atoms with E-state index in [1.54, 1.807) is 0 Å². The molecule has 21 heavy (non-hydrogen) atoms. The minimum atomic E-state index is -0.759. The lowest BCUT2D eigenvalue weighted by Gasteiger charge is -2.14. The van der Waals surface area contributed by atoms with Gasteiger partial charge in [-0.15, -0.1) is 0 Å². The third-order valence-corrected chi connectivity index (χ3v) is 3.76. The predicted molar refractivity (Wildman–Crippen MR) is 80.2 cm³/mol. The summed E-state index contributed by atoms with van der Waals surface area (Å²) in [6, 6.07) is -0.182. The van der Waals surface area contributed by atoms with Gasteiger partial charge in [0.05, 0.1) is 6.61 Å². The summed E-state index contributed by atoms with van der Waals surface area (Å²) in [6.45, 7) is 4.51. The summed E-state index contributed by atoms with van der Waals surface area (Å²) in [6.07, 6.45) is 5.16. The Morgan fingerprint density at radius 3 is 2.57 bits per heavy atom. The third kappa shape index (κ3) is 10.1. The number of amides is 2. The summed E-state index contributed by atoms with van der Waals surface area (Å²) >= 11 is 0. The highest BCUT2D eigenvalue weighted by Gasteiger charge is 2.20. The molecule has 0 aromatic carbocycles. The van der Waals surface area contributed by atoms with Crippen molar-refractivity contribution in [3.8, 4) is 0 Å². The van der Waals surface area contributed by atoms with Crippen LogP contribution in [0.4, 0.5) is 4.79 Å². The molecule has 0 heterocycles. The highest BCUT2D eigenvalue weighted by atomic mass is 16.5. The molecule has 0 aromatic rings. The Bertz CT molecular complexity index is 319. The van der Waals surface area contributed by atoms with Crippen molar-refractivity contribution < 1.29 is 19.4 Å². The first-order chi connectivity index (χ1) is 10.1. The second kappa shape index (κ2) is 10.4. The Kier molecular flexibility index (Phi) is 8.82. The van der Waals surface area contributed by atoms with Gasteiger partial charge in [-0.25, -0.2) is 4.79 Å². The Labute approximate surface area is 126 Å². The lowest BCUT2D eigenvalue weighted by Crippen LogP contribution is -2.38. The van der Waals surface area contributed by atoms with Gasteiger partial charge in [0.15, 0.2) is 0 Å². The molecule has 1 unspecified atom stereocenters. The van der Waals surface area contributed by atoms with Crippen LogP contribution in [0.15, 0.2) is 0 Å². The summed E-state index contributed by atoms with van der Waals surface area (Å²) in [5, 5.41) is 14.2. The van der Waals surface area contributed by atoms with E-state index in [9.17, 15) is 9.59 Å². The van der Waals surface area contributed by atoms with Gasteiger partial charge >= 0.3 is 12.0 Å². The molecule has 1 fully saturated rings. The fourth-order valence-electron chi connectivity index (χ4n) is 2.10. The molecular weight excluding hydrogens is 272 g/mol. The van der Waals surface area contributed by atoms with Gasteiger partial charge in [0, 0.05) is 26.1 Å². The van der Waals surface area contributed by atoms with Gasteiger partial charge in [0.1, 0.15) is 0 Å². The molecule has 0 aliphatic heterocycles. The molecule has 1 atom stereocenters. The third-order valence-electron chi connectivity index (χ3n) is 3.76. The Hall–Kier alpha value is -1.30. The highest BCUT2D eigenvalue weighted by molar-refractivity contribution is 5.73. The van der Waals surface area contributed by atoms with Crippen LogP contribution >= 0.6 is 0 Å². The quantitative estimate of drug-likeness (QED) is 0.481. The smallest absolute Gasteiger partial charge is 0.314 e. The number of carboxylic acid groups (broad SMARTS) is 1. The number of rotatable bonds is 12. The van der Waals surface area contributed by atoms with Crippen LogP contribution in [0, 0.1) is 11.8 Å². The second-order valence-electron chi connectivity index (χ2n) is 5.70. The van der Waals surface area contributed by atoms with Crippen LogP contribution in [0.5, 0.6) is 0 Å². The minimum absolute atomic E-state index is 0.182. The van der Waals surface area contributed by atoms with Gasteiger partial charge in [-0.1, -0.05) is 13.3 Å². The molecule has 2 amide bonds. The van der Waals surface area contributed by atoms with Crippen molar-refractivity contribution in [3.63, 3.8) is 0 Å². The molecule has 0 saturated heterocycles. The van der Waals surface area contributed by atoms with E-state index in [-0.39, 0.29) is 12.5 Å². The molecule has 0 spiro atoms. The fourth-order valence-corrected chi connectivity index (χ4v) is 2.10. The number of carbonyl (C=O) groups is 2. The maximum absolute atomic E-state index is 11.5. The molecule has 122 valence electrons. The molecule has 6 nitrogen and oxygen atoms in total. The van der Waals surface area contributed by atoms with E-state index in [2.05, 4.69) is 10.6 Å². The van der Waals surface area contributed by atoms with Crippen LogP contribution in [0.3, 0.4) is 0 Å². The molecule has 0 bridgehead atoms. The highest BCUT2D eigenvalue weighted by Crippen LogP contribution is 2.28. The minimum Gasteiger partial charge on any atom is -0.481 e. The van der Waals surface area contributed by atoms with Crippen molar-refractivity contribution in [3.05, 3.63) is 0 Å². The maximum Gasteiger partial charge on any atom is 0.314 e. The molecule has 0 radical (unpaired) electrons. The average Bonchev–Trinajstić information content (AvgIpc) is 3.26. The van der Waals surface area contributed by atoms with Crippen molar-refractivity contribution in [1.29, 1.82) is 0 Å². The second-order valence-corrected chi connectivity index (χ2v) is 5.70. The SMILES string of the molecule is CCC(CCNC(=O)NCCOCC1CC1)CCC(=O)O. The van der Waals surface area contributed by atoms with E-state index >= 15 is 0 Å². The van der Waals surface area contributed by atoms with E-state index < -0.39 is 5.97 Å². The zero-order valence-corrected chi connectivity index (χ0v) is 12.9. The normalized spacial score (nSPS) is 15.5. The lowest BCUT2D eigenvalue weighted by molar-refractivity contribution is -0.137. The number of aliphatic carboxylic acids is 1. The number of nitrogens with one attached hydrogen (secondary N) is 2. The molecule has 1 rings (SSSR count). The summed E-state index contributed by atoms with van der Waals surface area (Å²) in [7, 11) is 0. The van der Waals surface area contributed by atoms with Crippen LogP contribution in [-0.4, -0.2) is 43.4 Å². The van der Waals surface area contributed by atoms with Crippen molar-refractivity contribution in [2.24, 2.45) is 11.8 Å². The van der Waals surface area contributed by atoms with E-state index in [1.165, 1.54) is 12.8 Å². The van der Waals surface area contributed by atoms with E-state index in [1.807, 2.05) is 6.92 Å². The van der Waals surface area contributed by atoms with Crippen LogP contribution in [0.25, 0.3) is 0 Å². The van der Waals surface area contributed by atoms with Crippen LogP contribution in [0.1, 0.15) is 45.4 Å². The molecule has 6 heteroatoms. The van der Waals surface area contributed by atoms with Crippen LogP contribution < -0.4 is 10.6 Å². The molecular formula is C15H28N2O4. The number of carboxylic acids is 1. The van der Waals surface area contributed by atoms with E-state index in [0.717, 1.165) is 25.4 Å². The number of hydrogen-bond donors (Lipinski definition) is 3. The van der Waals surface area contributed by atoms with Gasteiger partial charge in [-0.05, 0) is 37.5 Å². The van der Waals surface area contributed by atoms with Crippen LogP contribution in [-0.2, 0) is 9.53 Å². The van der Waals surface area contributed by atoms with Crippen molar-refractivity contribution >= 4 is 12.0 Å². The van der Waals surface area contributed by atoms with Gasteiger partial charge in [0.2, 0.25) is 0 Å². The number of ether oxygens (including phenoxy) is 1. The Balaban J connectivity index is 1.93. The molecule has 0 aromatic heterocycles. The summed E-state index contributed by atoms with van der Waals surface area (Å²) in [4.78, 5) is 22.0. The lowest BCUT2D eigenvalue weighted by atomic mass is 9.97. The number of carbonyl (C=O) groups excluding carboxylic acids is 1. The average molecular weight is 300 g/mol. The zero-order chi connectivity index (χ0) is 15.5. The first-order valence-corrected chi connectivity index (χ1v) is 7.93.